The third-order valence-corrected chi connectivity index (χ3v) is 2.85. The number of hydrogen-bond donors (Lipinski definition) is 3. The molecule has 0 aliphatic carbocycles. The summed E-state index contributed by atoms with van der Waals surface area (Å²) in [6.07, 6.45) is 1.35. The molecular formula is C12H16O4. The fourth-order valence-corrected chi connectivity index (χ4v) is 1.82. The maximum absolute atomic E-state index is 11.1. The Morgan fingerprint density at radius 1 is 1.12 bits per heavy atom. The second-order valence-electron chi connectivity index (χ2n) is 3.86. The molecule has 0 spiro atoms. The highest BCUT2D eigenvalue weighted by atomic mass is 16.4. The van der Waals surface area contributed by atoms with Gasteiger partial charge >= 0.3 is 5.97 Å². The van der Waals surface area contributed by atoms with Gasteiger partial charge in [-0.05, 0) is 37.0 Å². The number of carboxylic acid groups (broad SMARTS) is 1. The average molecular weight is 224 g/mol. The van der Waals surface area contributed by atoms with E-state index in [1.54, 1.807) is 13.8 Å². The summed E-state index contributed by atoms with van der Waals surface area (Å²) in [6, 6.07) is 0. The molecule has 0 amide bonds. The minimum absolute atomic E-state index is 0.178. The summed E-state index contributed by atoms with van der Waals surface area (Å²) >= 11 is 0. The van der Waals surface area contributed by atoms with E-state index in [1.807, 2.05) is 6.92 Å². The van der Waals surface area contributed by atoms with Crippen LogP contribution in [0.4, 0.5) is 0 Å². The van der Waals surface area contributed by atoms with E-state index in [2.05, 4.69) is 0 Å². The zero-order valence-corrected chi connectivity index (χ0v) is 9.66. The predicted octanol–water partition coefficient (Wildman–Crippen LogP) is 2.37. The lowest BCUT2D eigenvalue weighted by Crippen LogP contribution is -2.07. The Hall–Kier alpha value is -1.71. The van der Waals surface area contributed by atoms with Crippen molar-refractivity contribution in [1.82, 2.24) is 0 Å². The van der Waals surface area contributed by atoms with Crippen LogP contribution in [0.1, 0.15) is 40.4 Å². The van der Waals surface area contributed by atoms with Crippen molar-refractivity contribution in [3.63, 3.8) is 0 Å². The predicted molar refractivity (Wildman–Crippen MR) is 60.2 cm³/mol. The molecule has 0 heterocycles. The van der Waals surface area contributed by atoms with Gasteiger partial charge in [-0.1, -0.05) is 13.3 Å². The standard InChI is InChI=1S/C12H16O4/c1-4-5-8-6(2)7(3)10(13)11(14)9(8)12(15)16/h13-14H,4-5H2,1-3H3,(H,15,16). The van der Waals surface area contributed by atoms with Crippen molar-refractivity contribution in [2.45, 2.75) is 33.6 Å². The van der Waals surface area contributed by atoms with Crippen molar-refractivity contribution in [2.75, 3.05) is 0 Å². The fraction of sp³-hybridized carbons (Fsp3) is 0.417. The van der Waals surface area contributed by atoms with E-state index in [4.69, 9.17) is 5.11 Å². The molecule has 0 aliphatic heterocycles. The third-order valence-electron chi connectivity index (χ3n) is 2.85. The summed E-state index contributed by atoms with van der Waals surface area (Å²) in [4.78, 5) is 11.1. The van der Waals surface area contributed by atoms with Crippen LogP contribution in [-0.2, 0) is 6.42 Å². The first kappa shape index (κ1) is 12.4. The number of phenols is 2. The molecule has 0 bridgehead atoms. The third kappa shape index (κ3) is 1.83. The number of aromatic carboxylic acids is 1. The van der Waals surface area contributed by atoms with E-state index in [-0.39, 0.29) is 11.3 Å². The zero-order chi connectivity index (χ0) is 12.5. The molecule has 0 atom stereocenters. The molecule has 4 heteroatoms. The van der Waals surface area contributed by atoms with Gasteiger partial charge in [0.1, 0.15) is 5.56 Å². The highest BCUT2D eigenvalue weighted by molar-refractivity contribution is 5.94. The van der Waals surface area contributed by atoms with Gasteiger partial charge in [-0.3, -0.25) is 0 Å². The smallest absolute Gasteiger partial charge is 0.339 e. The highest BCUT2D eigenvalue weighted by Gasteiger charge is 2.23. The lowest BCUT2D eigenvalue weighted by atomic mass is 9.92. The van der Waals surface area contributed by atoms with E-state index in [1.165, 1.54) is 0 Å². The molecule has 0 saturated heterocycles. The second kappa shape index (κ2) is 4.43. The number of carbonyl (C=O) groups is 1. The second-order valence-corrected chi connectivity index (χ2v) is 3.86. The van der Waals surface area contributed by atoms with Gasteiger partial charge in [-0.25, -0.2) is 4.79 Å². The van der Waals surface area contributed by atoms with Gasteiger partial charge in [0.2, 0.25) is 0 Å². The van der Waals surface area contributed by atoms with Crippen LogP contribution in [-0.4, -0.2) is 21.3 Å². The van der Waals surface area contributed by atoms with Crippen molar-refractivity contribution in [2.24, 2.45) is 0 Å². The van der Waals surface area contributed by atoms with Crippen LogP contribution < -0.4 is 0 Å². The van der Waals surface area contributed by atoms with Gasteiger partial charge in [-0.2, -0.15) is 0 Å². The molecule has 1 aromatic carbocycles. The van der Waals surface area contributed by atoms with E-state index < -0.39 is 11.7 Å². The number of benzene rings is 1. The van der Waals surface area contributed by atoms with Crippen molar-refractivity contribution < 1.29 is 20.1 Å². The molecule has 16 heavy (non-hydrogen) atoms. The van der Waals surface area contributed by atoms with Crippen molar-refractivity contribution in [1.29, 1.82) is 0 Å². The molecule has 0 unspecified atom stereocenters. The van der Waals surface area contributed by atoms with Gasteiger partial charge in [-0.15, -0.1) is 0 Å². The van der Waals surface area contributed by atoms with Crippen LogP contribution in [0.2, 0.25) is 0 Å². The van der Waals surface area contributed by atoms with Gasteiger partial charge in [0.25, 0.3) is 0 Å². The Morgan fingerprint density at radius 2 is 1.69 bits per heavy atom. The molecule has 0 fully saturated rings. The van der Waals surface area contributed by atoms with Crippen LogP contribution in [0.3, 0.4) is 0 Å². The number of carboxylic acids is 1. The molecule has 1 rings (SSSR count). The largest absolute Gasteiger partial charge is 0.504 e. The SMILES string of the molecule is CCCc1c(C)c(C)c(O)c(O)c1C(=O)O. The van der Waals surface area contributed by atoms with Gasteiger partial charge in [0.05, 0.1) is 0 Å². The summed E-state index contributed by atoms with van der Waals surface area (Å²) in [5.41, 5.74) is 1.69. The summed E-state index contributed by atoms with van der Waals surface area (Å²) in [5.74, 6) is -2.08. The molecular weight excluding hydrogens is 208 g/mol. The van der Waals surface area contributed by atoms with E-state index in [9.17, 15) is 15.0 Å². The first-order chi connectivity index (χ1) is 7.41. The Balaban J connectivity index is 3.61. The number of hydrogen-bond acceptors (Lipinski definition) is 3. The summed E-state index contributed by atoms with van der Waals surface area (Å²) < 4.78 is 0. The van der Waals surface area contributed by atoms with Crippen molar-refractivity contribution >= 4 is 5.97 Å². The molecule has 0 saturated carbocycles. The monoisotopic (exact) mass is 224 g/mol. The highest BCUT2D eigenvalue weighted by Crippen LogP contribution is 2.38. The lowest BCUT2D eigenvalue weighted by molar-refractivity contribution is 0.0691. The first-order valence-corrected chi connectivity index (χ1v) is 5.19. The van der Waals surface area contributed by atoms with Crippen LogP contribution in [0.5, 0.6) is 11.5 Å². The molecule has 3 N–H and O–H groups in total. The number of phenolic OH excluding ortho intramolecular Hbond substituents is 1. The zero-order valence-electron chi connectivity index (χ0n) is 9.66. The first-order valence-electron chi connectivity index (χ1n) is 5.19. The lowest BCUT2D eigenvalue weighted by Gasteiger charge is -2.15. The molecule has 0 aliphatic rings. The molecule has 88 valence electrons. The summed E-state index contributed by atoms with van der Waals surface area (Å²) in [7, 11) is 0. The van der Waals surface area contributed by atoms with Crippen molar-refractivity contribution in [3.05, 3.63) is 22.3 Å². The van der Waals surface area contributed by atoms with Gasteiger partial charge in [0.15, 0.2) is 11.5 Å². The Kier molecular flexibility index (Phi) is 3.42. The van der Waals surface area contributed by atoms with Crippen LogP contribution in [0.25, 0.3) is 0 Å². The van der Waals surface area contributed by atoms with E-state index in [0.29, 0.717) is 17.5 Å². The fourth-order valence-electron chi connectivity index (χ4n) is 1.82. The Bertz CT molecular complexity index is 435. The Morgan fingerprint density at radius 3 is 2.12 bits per heavy atom. The van der Waals surface area contributed by atoms with Crippen LogP contribution >= 0.6 is 0 Å². The molecule has 0 aromatic heterocycles. The van der Waals surface area contributed by atoms with E-state index >= 15 is 0 Å². The van der Waals surface area contributed by atoms with Crippen LogP contribution in [0.15, 0.2) is 0 Å². The maximum atomic E-state index is 11.1. The maximum Gasteiger partial charge on any atom is 0.339 e. The van der Waals surface area contributed by atoms with Gasteiger partial charge < -0.3 is 15.3 Å². The molecule has 0 radical (unpaired) electrons. The summed E-state index contributed by atoms with van der Waals surface area (Å²) in [6.45, 7) is 5.35. The normalized spacial score (nSPS) is 10.4. The average Bonchev–Trinajstić information content (AvgIpc) is 2.23. The number of aromatic hydroxyl groups is 2. The summed E-state index contributed by atoms with van der Waals surface area (Å²) in [5, 5.41) is 28.3. The quantitative estimate of drug-likeness (QED) is 0.689. The van der Waals surface area contributed by atoms with Crippen molar-refractivity contribution in [3.8, 4) is 11.5 Å². The molecule has 1 aromatic rings. The van der Waals surface area contributed by atoms with Crippen LogP contribution in [0, 0.1) is 13.8 Å². The minimum Gasteiger partial charge on any atom is -0.504 e. The molecule has 4 nitrogen and oxygen atoms in total. The van der Waals surface area contributed by atoms with Gasteiger partial charge in [0, 0.05) is 0 Å². The minimum atomic E-state index is -1.21. The Labute approximate surface area is 94.2 Å². The number of rotatable bonds is 3. The topological polar surface area (TPSA) is 77.8 Å². The van der Waals surface area contributed by atoms with E-state index in [0.717, 1.165) is 12.0 Å².